The summed E-state index contributed by atoms with van der Waals surface area (Å²) < 4.78 is 38.3. The second-order valence-electron chi connectivity index (χ2n) is 3.25. The Bertz CT molecular complexity index is 452. The highest BCUT2D eigenvalue weighted by atomic mass is 79.9. The minimum absolute atomic E-state index is 0.0790. The van der Waals surface area contributed by atoms with Gasteiger partial charge in [-0.3, -0.25) is 5.43 Å². The number of nitrogens with one attached hydrogen (secondary N) is 1. The van der Waals surface area contributed by atoms with E-state index in [2.05, 4.69) is 15.9 Å². The number of urea groups is 1. The fraction of sp³-hybridized carbons (Fsp3) is 0.222. The number of halogens is 4. The maximum Gasteiger partial charge on any atom is 0.416 e. The van der Waals surface area contributed by atoms with Crippen LogP contribution in [0.3, 0.4) is 0 Å². The van der Waals surface area contributed by atoms with Crippen molar-refractivity contribution in [2.24, 2.45) is 11.7 Å². The first-order valence-electron chi connectivity index (χ1n) is 4.63. The zero-order chi connectivity index (χ0) is 13.9. The van der Waals surface area contributed by atoms with Gasteiger partial charge in [-0.1, -0.05) is 22.0 Å². The lowest BCUT2D eigenvalue weighted by molar-refractivity contribution is -0.138. The quantitative estimate of drug-likeness (QED) is 0.335. The SMILES string of the molecule is NNC(=O)N(N)c1cccc(C(F)(F)F)c1CBr. The summed E-state index contributed by atoms with van der Waals surface area (Å²) in [4.78, 5) is 11.2. The second kappa shape index (κ2) is 5.55. The molecule has 0 atom stereocenters. The van der Waals surface area contributed by atoms with Gasteiger partial charge in [0.15, 0.2) is 0 Å². The van der Waals surface area contributed by atoms with Crippen molar-refractivity contribution < 1.29 is 18.0 Å². The molecule has 0 aliphatic rings. The van der Waals surface area contributed by atoms with Gasteiger partial charge in [0, 0.05) is 10.9 Å². The van der Waals surface area contributed by atoms with Crippen LogP contribution in [0.15, 0.2) is 18.2 Å². The number of alkyl halides is 4. The lowest BCUT2D eigenvalue weighted by atomic mass is 10.1. The van der Waals surface area contributed by atoms with Gasteiger partial charge in [0.05, 0.1) is 11.3 Å². The van der Waals surface area contributed by atoms with Crippen molar-refractivity contribution in [3.05, 3.63) is 29.3 Å². The Balaban J connectivity index is 3.34. The molecule has 0 aromatic heterocycles. The van der Waals surface area contributed by atoms with E-state index < -0.39 is 17.8 Å². The molecule has 5 N–H and O–H groups in total. The van der Waals surface area contributed by atoms with Crippen LogP contribution in [0.4, 0.5) is 23.7 Å². The van der Waals surface area contributed by atoms with E-state index >= 15 is 0 Å². The largest absolute Gasteiger partial charge is 0.416 e. The molecule has 0 saturated carbocycles. The van der Waals surface area contributed by atoms with Gasteiger partial charge >= 0.3 is 12.2 Å². The predicted molar refractivity (Wildman–Crippen MR) is 63.5 cm³/mol. The number of carbonyl (C=O) groups excluding carboxylic acids is 1. The van der Waals surface area contributed by atoms with Crippen LogP contribution >= 0.6 is 15.9 Å². The van der Waals surface area contributed by atoms with Crippen molar-refractivity contribution in [2.45, 2.75) is 11.5 Å². The van der Waals surface area contributed by atoms with Gasteiger partial charge in [0.25, 0.3) is 0 Å². The van der Waals surface area contributed by atoms with Crippen LogP contribution in [0.2, 0.25) is 0 Å². The fourth-order valence-corrected chi connectivity index (χ4v) is 1.97. The highest BCUT2D eigenvalue weighted by Gasteiger charge is 2.34. The van der Waals surface area contributed by atoms with E-state index in [0.717, 1.165) is 12.1 Å². The summed E-state index contributed by atoms with van der Waals surface area (Å²) in [5.41, 5.74) is 0.653. The number of carbonyl (C=O) groups is 1. The lowest BCUT2D eigenvalue weighted by Crippen LogP contribution is -2.48. The number of nitrogens with two attached hydrogens (primary N) is 2. The zero-order valence-electron chi connectivity index (χ0n) is 8.96. The lowest BCUT2D eigenvalue weighted by Gasteiger charge is -2.21. The van der Waals surface area contributed by atoms with Gasteiger partial charge in [0.1, 0.15) is 0 Å². The highest BCUT2D eigenvalue weighted by molar-refractivity contribution is 9.08. The van der Waals surface area contributed by atoms with Gasteiger partial charge in [-0.15, -0.1) is 0 Å². The second-order valence-corrected chi connectivity index (χ2v) is 3.81. The summed E-state index contributed by atoms with van der Waals surface area (Å²) in [6.45, 7) is 0. The molecule has 100 valence electrons. The normalized spacial score (nSPS) is 11.2. The first-order chi connectivity index (χ1) is 8.32. The van der Waals surface area contributed by atoms with Crippen LogP contribution in [0, 0.1) is 0 Å². The topological polar surface area (TPSA) is 84.4 Å². The van der Waals surface area contributed by atoms with Crippen molar-refractivity contribution in [1.82, 2.24) is 5.43 Å². The Hall–Kier alpha value is -1.32. The minimum atomic E-state index is -4.53. The highest BCUT2D eigenvalue weighted by Crippen LogP contribution is 2.36. The molecule has 0 spiro atoms. The molecule has 0 aliphatic carbocycles. The van der Waals surface area contributed by atoms with Crippen LogP contribution < -0.4 is 22.1 Å². The number of nitrogens with zero attached hydrogens (tertiary/aromatic N) is 1. The van der Waals surface area contributed by atoms with E-state index in [0.29, 0.717) is 5.01 Å². The third-order valence-electron chi connectivity index (χ3n) is 2.19. The average molecular weight is 327 g/mol. The maximum atomic E-state index is 12.8. The summed E-state index contributed by atoms with van der Waals surface area (Å²) in [6, 6.07) is 2.44. The first-order valence-corrected chi connectivity index (χ1v) is 5.75. The van der Waals surface area contributed by atoms with Crippen molar-refractivity contribution in [2.75, 3.05) is 5.01 Å². The van der Waals surface area contributed by atoms with Crippen LogP contribution in [-0.4, -0.2) is 6.03 Å². The van der Waals surface area contributed by atoms with Crippen molar-refractivity contribution >= 4 is 27.6 Å². The van der Waals surface area contributed by atoms with Crippen LogP contribution in [0.1, 0.15) is 11.1 Å². The molecule has 0 radical (unpaired) electrons. The van der Waals surface area contributed by atoms with Crippen LogP contribution in [0.5, 0.6) is 0 Å². The molecular weight excluding hydrogens is 317 g/mol. The fourth-order valence-electron chi connectivity index (χ4n) is 1.39. The molecule has 0 saturated heterocycles. The van der Waals surface area contributed by atoms with Gasteiger partial charge < -0.3 is 0 Å². The smallest absolute Gasteiger partial charge is 0.274 e. The third-order valence-corrected chi connectivity index (χ3v) is 2.75. The van der Waals surface area contributed by atoms with E-state index in [-0.39, 0.29) is 16.6 Å². The summed E-state index contributed by atoms with van der Waals surface area (Å²) in [6.07, 6.45) is -4.53. The van der Waals surface area contributed by atoms with Gasteiger partial charge in [0.2, 0.25) is 0 Å². The summed E-state index contributed by atoms with van der Waals surface area (Å²) in [7, 11) is 0. The van der Waals surface area contributed by atoms with Crippen molar-refractivity contribution in [3.63, 3.8) is 0 Å². The van der Waals surface area contributed by atoms with Gasteiger partial charge in [-0.05, 0) is 12.1 Å². The first kappa shape index (κ1) is 14.7. The zero-order valence-corrected chi connectivity index (χ0v) is 10.5. The number of rotatable bonds is 2. The number of hydrogen-bond acceptors (Lipinski definition) is 3. The molecule has 18 heavy (non-hydrogen) atoms. The number of hydrazine groups is 2. The summed E-state index contributed by atoms with van der Waals surface area (Å²) in [5, 5.41) is 0.412. The molecule has 1 aromatic rings. The predicted octanol–water partition coefficient (Wildman–Crippen LogP) is 1.86. The Kier molecular flexibility index (Phi) is 4.54. The molecule has 0 heterocycles. The molecule has 0 unspecified atom stereocenters. The van der Waals surface area contributed by atoms with E-state index in [4.69, 9.17) is 11.7 Å². The maximum absolute atomic E-state index is 12.8. The molecule has 5 nitrogen and oxygen atoms in total. The van der Waals surface area contributed by atoms with E-state index in [1.165, 1.54) is 6.07 Å². The Morgan fingerprint density at radius 2 is 2.06 bits per heavy atom. The van der Waals surface area contributed by atoms with E-state index in [1.54, 1.807) is 5.43 Å². The average Bonchev–Trinajstić information content (AvgIpc) is 2.34. The Morgan fingerprint density at radius 1 is 1.44 bits per heavy atom. The Labute approximate surface area is 109 Å². The summed E-state index contributed by atoms with van der Waals surface area (Å²) in [5.74, 6) is 10.3. The van der Waals surface area contributed by atoms with Gasteiger partial charge in [-0.2, -0.15) is 13.2 Å². The molecular formula is C9H10BrF3N4O. The molecule has 2 amide bonds. The van der Waals surface area contributed by atoms with Gasteiger partial charge in [-0.25, -0.2) is 21.5 Å². The molecule has 0 bridgehead atoms. The van der Waals surface area contributed by atoms with E-state index in [9.17, 15) is 18.0 Å². The van der Waals surface area contributed by atoms with Crippen molar-refractivity contribution in [1.29, 1.82) is 0 Å². The molecule has 1 rings (SSSR count). The standard InChI is InChI=1S/C9H10BrF3N4O/c10-4-5-6(9(11,12)13)2-1-3-7(5)17(15)8(18)16-14/h1-3H,4,14-15H2,(H,16,18). The number of anilines is 1. The third kappa shape index (κ3) is 2.92. The van der Waals surface area contributed by atoms with E-state index in [1.807, 2.05) is 0 Å². The van der Waals surface area contributed by atoms with Crippen LogP contribution in [0.25, 0.3) is 0 Å². The summed E-state index contributed by atoms with van der Waals surface area (Å²) >= 11 is 2.95. The molecule has 0 fully saturated rings. The Morgan fingerprint density at radius 3 is 2.50 bits per heavy atom. The van der Waals surface area contributed by atoms with Crippen LogP contribution in [-0.2, 0) is 11.5 Å². The molecule has 0 aliphatic heterocycles. The molecule has 9 heteroatoms. The number of hydrogen-bond donors (Lipinski definition) is 3. The minimum Gasteiger partial charge on any atom is -0.274 e. The van der Waals surface area contributed by atoms with Crippen molar-refractivity contribution in [3.8, 4) is 0 Å². The number of benzene rings is 1. The molecule has 1 aromatic carbocycles. The monoisotopic (exact) mass is 326 g/mol. The number of amides is 2.